The van der Waals surface area contributed by atoms with Gasteiger partial charge >= 0.3 is 0 Å². The van der Waals surface area contributed by atoms with Gasteiger partial charge in [-0.3, -0.25) is 9.59 Å². The molecule has 2 rings (SSSR count). The second kappa shape index (κ2) is 9.71. The lowest BCUT2D eigenvalue weighted by Gasteiger charge is -2.34. The van der Waals surface area contributed by atoms with Gasteiger partial charge in [-0.15, -0.1) is 11.3 Å². The Hall–Kier alpha value is -2.25. The standard InChI is InChI=1S/C23H34N4O2S/c1-8-27(22(29)20(24)23(5,6)7)16(4)21(28)26-14(2)17-9-11-18(12-10-17)19-15(3)25-13-30-19/h9-14,16,20H,8,24H2,1-7H3,(H,26,28)/t14-,16-,20+/m0/s1. The minimum absolute atomic E-state index is 0.179. The van der Waals surface area contributed by atoms with Gasteiger partial charge in [0.05, 0.1) is 28.2 Å². The van der Waals surface area contributed by atoms with Crippen LogP contribution < -0.4 is 11.1 Å². The maximum Gasteiger partial charge on any atom is 0.242 e. The van der Waals surface area contributed by atoms with Crippen LogP contribution in [0, 0.1) is 12.3 Å². The van der Waals surface area contributed by atoms with Gasteiger partial charge in [0.1, 0.15) is 6.04 Å². The summed E-state index contributed by atoms with van der Waals surface area (Å²) in [5, 5.41) is 3.03. The van der Waals surface area contributed by atoms with Crippen molar-refractivity contribution in [3.8, 4) is 10.4 Å². The molecule has 0 aliphatic heterocycles. The fraction of sp³-hybridized carbons (Fsp3) is 0.522. The molecule has 3 N–H and O–H groups in total. The van der Waals surface area contributed by atoms with Crippen LogP contribution in [0.4, 0.5) is 0 Å². The summed E-state index contributed by atoms with van der Waals surface area (Å²) in [6.45, 7) is 13.7. The molecule has 0 unspecified atom stereocenters. The van der Waals surface area contributed by atoms with Crippen LogP contribution in [0.5, 0.6) is 0 Å². The first-order chi connectivity index (χ1) is 14.0. The summed E-state index contributed by atoms with van der Waals surface area (Å²) < 4.78 is 0. The first kappa shape index (κ1) is 24.0. The van der Waals surface area contributed by atoms with E-state index in [1.165, 1.54) is 0 Å². The summed E-state index contributed by atoms with van der Waals surface area (Å²) >= 11 is 1.62. The molecule has 0 saturated heterocycles. The maximum absolute atomic E-state index is 12.8. The Morgan fingerprint density at radius 3 is 2.27 bits per heavy atom. The van der Waals surface area contributed by atoms with Gasteiger partial charge in [0, 0.05) is 6.54 Å². The van der Waals surface area contributed by atoms with E-state index in [0.717, 1.165) is 21.7 Å². The van der Waals surface area contributed by atoms with Gasteiger partial charge in [0.25, 0.3) is 0 Å². The van der Waals surface area contributed by atoms with Crippen LogP contribution in [0.2, 0.25) is 0 Å². The van der Waals surface area contributed by atoms with Crippen molar-refractivity contribution in [3.63, 3.8) is 0 Å². The number of thiazole rings is 1. The van der Waals surface area contributed by atoms with Crippen LogP contribution in [-0.4, -0.2) is 40.3 Å². The molecule has 2 aromatic rings. The van der Waals surface area contributed by atoms with Crippen LogP contribution in [0.1, 0.15) is 58.8 Å². The Morgan fingerprint density at radius 2 is 1.80 bits per heavy atom. The Labute approximate surface area is 183 Å². The molecule has 30 heavy (non-hydrogen) atoms. The number of rotatable bonds is 7. The van der Waals surface area contributed by atoms with E-state index in [-0.39, 0.29) is 23.3 Å². The van der Waals surface area contributed by atoms with E-state index in [9.17, 15) is 9.59 Å². The summed E-state index contributed by atoms with van der Waals surface area (Å²) in [7, 11) is 0. The summed E-state index contributed by atoms with van der Waals surface area (Å²) in [4.78, 5) is 32.7. The highest BCUT2D eigenvalue weighted by Crippen LogP contribution is 2.28. The first-order valence-electron chi connectivity index (χ1n) is 10.3. The summed E-state index contributed by atoms with van der Waals surface area (Å²) in [5.74, 6) is -0.397. The monoisotopic (exact) mass is 430 g/mol. The number of hydrogen-bond donors (Lipinski definition) is 2. The predicted octanol–water partition coefficient (Wildman–Crippen LogP) is 3.91. The quantitative estimate of drug-likeness (QED) is 0.697. The molecular weight excluding hydrogens is 396 g/mol. The highest BCUT2D eigenvalue weighted by atomic mass is 32.1. The molecule has 0 aliphatic carbocycles. The maximum atomic E-state index is 12.8. The highest BCUT2D eigenvalue weighted by molar-refractivity contribution is 7.13. The SMILES string of the molecule is CCN(C(=O)[C@@H](N)C(C)(C)C)[C@@H](C)C(=O)N[C@@H](C)c1ccc(-c2scnc2C)cc1. The van der Waals surface area contributed by atoms with Crippen molar-refractivity contribution in [2.24, 2.45) is 11.1 Å². The van der Waals surface area contributed by atoms with Crippen LogP contribution >= 0.6 is 11.3 Å². The number of benzene rings is 1. The molecule has 1 heterocycles. The fourth-order valence-corrected chi connectivity index (χ4v) is 4.04. The third-order valence-electron chi connectivity index (χ3n) is 5.45. The molecule has 0 saturated carbocycles. The number of aryl methyl sites for hydroxylation is 1. The molecule has 7 heteroatoms. The molecule has 164 valence electrons. The Morgan fingerprint density at radius 1 is 1.20 bits per heavy atom. The van der Waals surface area contributed by atoms with Gasteiger partial charge in [-0.05, 0) is 44.2 Å². The molecule has 2 amide bonds. The molecule has 6 nitrogen and oxygen atoms in total. The lowest BCUT2D eigenvalue weighted by Crippen LogP contribution is -2.56. The molecule has 1 aromatic carbocycles. The first-order valence-corrected chi connectivity index (χ1v) is 11.2. The predicted molar refractivity (Wildman–Crippen MR) is 123 cm³/mol. The van der Waals surface area contributed by atoms with E-state index in [2.05, 4.69) is 10.3 Å². The zero-order chi connectivity index (χ0) is 22.6. The van der Waals surface area contributed by atoms with E-state index in [4.69, 9.17) is 5.73 Å². The molecule has 1 aromatic heterocycles. The second-order valence-electron chi connectivity index (χ2n) is 8.76. The second-order valence-corrected chi connectivity index (χ2v) is 9.62. The summed E-state index contributed by atoms with van der Waals surface area (Å²) in [5.41, 5.74) is 10.7. The number of nitrogens with one attached hydrogen (secondary N) is 1. The van der Waals surface area contributed by atoms with Gasteiger partial charge in [-0.1, -0.05) is 45.0 Å². The lowest BCUT2D eigenvalue weighted by molar-refractivity contribution is -0.142. The van der Waals surface area contributed by atoms with E-state index >= 15 is 0 Å². The van der Waals surface area contributed by atoms with Crippen molar-refractivity contribution in [3.05, 3.63) is 41.0 Å². The van der Waals surface area contributed by atoms with Crippen molar-refractivity contribution in [1.82, 2.24) is 15.2 Å². The number of nitrogens with two attached hydrogens (primary N) is 1. The average Bonchev–Trinajstić information content (AvgIpc) is 3.12. The van der Waals surface area contributed by atoms with Crippen molar-refractivity contribution < 1.29 is 9.59 Å². The van der Waals surface area contributed by atoms with Gasteiger partial charge in [0.15, 0.2) is 0 Å². The van der Waals surface area contributed by atoms with E-state index in [1.807, 2.05) is 71.3 Å². The lowest BCUT2D eigenvalue weighted by atomic mass is 9.86. The number of carbonyl (C=O) groups is 2. The number of likely N-dealkylation sites (N-methyl/N-ethyl adjacent to an activating group) is 1. The molecule has 0 spiro atoms. The Balaban J connectivity index is 2.06. The van der Waals surface area contributed by atoms with Crippen molar-refractivity contribution >= 4 is 23.2 Å². The van der Waals surface area contributed by atoms with Crippen molar-refractivity contribution in [1.29, 1.82) is 0 Å². The molecular formula is C23H34N4O2S. The molecule has 0 fully saturated rings. The van der Waals surface area contributed by atoms with Crippen molar-refractivity contribution in [2.45, 2.75) is 66.6 Å². The highest BCUT2D eigenvalue weighted by Gasteiger charge is 2.34. The summed E-state index contributed by atoms with van der Waals surface area (Å²) in [6, 6.07) is 6.69. The van der Waals surface area contributed by atoms with Crippen molar-refractivity contribution in [2.75, 3.05) is 6.54 Å². The molecule has 0 aliphatic rings. The van der Waals surface area contributed by atoms with Gasteiger partial charge < -0.3 is 16.0 Å². The van der Waals surface area contributed by atoms with Gasteiger partial charge in [-0.2, -0.15) is 0 Å². The normalized spacial score (nSPS) is 14.7. The minimum atomic E-state index is -0.659. The topological polar surface area (TPSA) is 88.3 Å². The third-order valence-corrected chi connectivity index (χ3v) is 6.42. The zero-order valence-electron chi connectivity index (χ0n) is 19.0. The van der Waals surface area contributed by atoms with Gasteiger partial charge in [0.2, 0.25) is 11.8 Å². The largest absolute Gasteiger partial charge is 0.348 e. The molecule has 0 radical (unpaired) electrons. The number of amides is 2. The fourth-order valence-electron chi connectivity index (χ4n) is 3.23. The number of hydrogen-bond acceptors (Lipinski definition) is 5. The zero-order valence-corrected chi connectivity index (χ0v) is 19.8. The van der Waals surface area contributed by atoms with Crippen LogP contribution in [-0.2, 0) is 9.59 Å². The minimum Gasteiger partial charge on any atom is -0.348 e. The number of nitrogens with zero attached hydrogens (tertiary/aromatic N) is 2. The van der Waals surface area contributed by atoms with Crippen LogP contribution in [0.15, 0.2) is 29.8 Å². The third kappa shape index (κ3) is 5.46. The van der Waals surface area contributed by atoms with Gasteiger partial charge in [-0.25, -0.2) is 4.98 Å². The summed E-state index contributed by atoms with van der Waals surface area (Å²) in [6.07, 6.45) is 0. The molecule has 3 atom stereocenters. The smallest absolute Gasteiger partial charge is 0.242 e. The van der Waals surface area contributed by atoms with Crippen LogP contribution in [0.25, 0.3) is 10.4 Å². The number of aromatic nitrogens is 1. The molecule has 0 bridgehead atoms. The van der Waals surface area contributed by atoms with Crippen LogP contribution in [0.3, 0.4) is 0 Å². The number of carbonyl (C=O) groups excluding carboxylic acids is 2. The van der Waals surface area contributed by atoms with E-state index in [0.29, 0.717) is 6.54 Å². The van der Waals surface area contributed by atoms with E-state index < -0.39 is 12.1 Å². The average molecular weight is 431 g/mol. The Kier molecular flexibility index (Phi) is 7.77. The van der Waals surface area contributed by atoms with E-state index in [1.54, 1.807) is 23.2 Å². The Bertz CT molecular complexity index is 870.